The minimum absolute atomic E-state index is 0.0247. The van der Waals surface area contributed by atoms with Crippen molar-refractivity contribution in [2.24, 2.45) is 0 Å². The Bertz CT molecular complexity index is 816. The molecule has 1 heterocycles. The summed E-state index contributed by atoms with van der Waals surface area (Å²) in [6.07, 6.45) is 1.32. The molecule has 1 aliphatic rings. The van der Waals surface area contributed by atoms with Crippen LogP contribution < -0.4 is 10.2 Å². The highest BCUT2D eigenvalue weighted by Gasteiger charge is 2.22. The molecule has 2 amide bonds. The smallest absolute Gasteiger partial charge is 0.337 e. The van der Waals surface area contributed by atoms with Crippen LogP contribution in [0.5, 0.6) is 0 Å². The summed E-state index contributed by atoms with van der Waals surface area (Å²) >= 11 is 0. The Morgan fingerprint density at radius 3 is 2.58 bits per heavy atom. The second-order valence-electron chi connectivity index (χ2n) is 5.50. The Hall–Kier alpha value is -3.15. The third-order valence-corrected chi connectivity index (χ3v) is 3.90. The quantitative estimate of drug-likeness (QED) is 0.905. The monoisotopic (exact) mass is 324 g/mol. The van der Waals surface area contributed by atoms with Crippen molar-refractivity contribution in [1.29, 1.82) is 0 Å². The van der Waals surface area contributed by atoms with Gasteiger partial charge < -0.3 is 15.3 Å². The van der Waals surface area contributed by atoms with Crippen LogP contribution in [-0.4, -0.2) is 29.4 Å². The summed E-state index contributed by atoms with van der Waals surface area (Å²) in [5, 5.41) is 11.8. The van der Waals surface area contributed by atoms with Gasteiger partial charge in [0.2, 0.25) is 5.91 Å². The minimum Gasteiger partial charge on any atom is -0.478 e. The number of benzene rings is 2. The van der Waals surface area contributed by atoms with Crippen molar-refractivity contribution in [3.05, 3.63) is 59.7 Å². The van der Waals surface area contributed by atoms with E-state index in [0.717, 1.165) is 6.42 Å². The van der Waals surface area contributed by atoms with E-state index in [2.05, 4.69) is 5.32 Å². The van der Waals surface area contributed by atoms with E-state index in [9.17, 15) is 19.5 Å². The predicted octanol–water partition coefficient (Wildman–Crippen LogP) is 2.76. The summed E-state index contributed by atoms with van der Waals surface area (Å²) in [5.41, 5.74) is 1.30. The molecule has 0 aromatic heterocycles. The van der Waals surface area contributed by atoms with Gasteiger partial charge in [0.1, 0.15) is 0 Å². The zero-order valence-electron chi connectivity index (χ0n) is 12.9. The van der Waals surface area contributed by atoms with Gasteiger partial charge in [-0.1, -0.05) is 18.2 Å². The molecule has 1 saturated heterocycles. The van der Waals surface area contributed by atoms with Crippen LogP contribution in [0.1, 0.15) is 33.6 Å². The van der Waals surface area contributed by atoms with E-state index in [1.807, 2.05) is 0 Å². The first kappa shape index (κ1) is 15.7. The van der Waals surface area contributed by atoms with E-state index < -0.39 is 11.9 Å². The van der Waals surface area contributed by atoms with Gasteiger partial charge in [0.15, 0.2) is 0 Å². The van der Waals surface area contributed by atoms with Gasteiger partial charge in [-0.2, -0.15) is 0 Å². The molecular formula is C18H16N2O4. The van der Waals surface area contributed by atoms with Crippen molar-refractivity contribution in [1.82, 2.24) is 0 Å². The molecule has 0 radical (unpaired) electrons. The molecule has 0 unspecified atom stereocenters. The molecule has 2 aromatic carbocycles. The summed E-state index contributed by atoms with van der Waals surface area (Å²) in [6.45, 7) is 0.645. The molecule has 6 heteroatoms. The van der Waals surface area contributed by atoms with Gasteiger partial charge in [-0.05, 0) is 36.8 Å². The molecule has 1 aliphatic heterocycles. The number of carbonyl (C=O) groups excluding carboxylic acids is 2. The molecule has 0 bridgehead atoms. The van der Waals surface area contributed by atoms with E-state index >= 15 is 0 Å². The van der Waals surface area contributed by atoms with Crippen molar-refractivity contribution in [3.63, 3.8) is 0 Å². The Morgan fingerprint density at radius 1 is 1.08 bits per heavy atom. The van der Waals surface area contributed by atoms with Gasteiger partial charge in [0.05, 0.1) is 11.3 Å². The number of nitrogens with zero attached hydrogens (tertiary/aromatic N) is 1. The van der Waals surface area contributed by atoms with E-state index in [1.54, 1.807) is 41.3 Å². The highest BCUT2D eigenvalue weighted by atomic mass is 16.4. The zero-order valence-corrected chi connectivity index (χ0v) is 12.9. The Kier molecular flexibility index (Phi) is 4.29. The van der Waals surface area contributed by atoms with Crippen molar-refractivity contribution < 1.29 is 19.5 Å². The molecule has 2 N–H and O–H groups in total. The van der Waals surface area contributed by atoms with Crippen LogP contribution in [0.15, 0.2) is 48.5 Å². The van der Waals surface area contributed by atoms with Crippen molar-refractivity contribution >= 4 is 29.2 Å². The number of hydrogen-bond donors (Lipinski definition) is 2. The maximum atomic E-state index is 12.4. The van der Waals surface area contributed by atoms with Crippen LogP contribution in [0.4, 0.5) is 11.4 Å². The standard InChI is InChI=1S/C18H16N2O4/c21-16-9-4-10-20(16)13-6-3-5-12(11-13)17(22)19-15-8-2-1-7-14(15)18(23)24/h1-3,5-8,11H,4,9-10H2,(H,19,22)(H,23,24). The lowest BCUT2D eigenvalue weighted by Crippen LogP contribution is -2.24. The lowest BCUT2D eigenvalue weighted by Gasteiger charge is -2.16. The summed E-state index contributed by atoms with van der Waals surface area (Å²) in [6, 6.07) is 13.0. The summed E-state index contributed by atoms with van der Waals surface area (Å²) in [5.74, 6) is -1.48. The van der Waals surface area contributed by atoms with Crippen LogP contribution in [-0.2, 0) is 4.79 Å². The lowest BCUT2D eigenvalue weighted by molar-refractivity contribution is -0.117. The number of rotatable bonds is 4. The number of aromatic carboxylic acids is 1. The molecular weight excluding hydrogens is 308 g/mol. The predicted molar refractivity (Wildman–Crippen MR) is 89.4 cm³/mol. The maximum absolute atomic E-state index is 12.4. The number of nitrogens with one attached hydrogen (secondary N) is 1. The first-order valence-electron chi connectivity index (χ1n) is 7.60. The summed E-state index contributed by atoms with van der Waals surface area (Å²) in [4.78, 5) is 37.1. The molecule has 2 aromatic rings. The normalized spacial score (nSPS) is 13.8. The molecule has 1 fully saturated rings. The average molecular weight is 324 g/mol. The van der Waals surface area contributed by atoms with Crippen molar-refractivity contribution in [3.8, 4) is 0 Å². The summed E-state index contributed by atoms with van der Waals surface area (Å²) < 4.78 is 0. The number of carbonyl (C=O) groups is 3. The summed E-state index contributed by atoms with van der Waals surface area (Å²) in [7, 11) is 0. The topological polar surface area (TPSA) is 86.7 Å². The van der Waals surface area contributed by atoms with Gasteiger partial charge in [-0.3, -0.25) is 9.59 Å². The Labute approximate surface area is 138 Å². The molecule has 3 rings (SSSR count). The van der Waals surface area contributed by atoms with E-state index in [4.69, 9.17) is 0 Å². The van der Waals surface area contributed by atoms with Gasteiger partial charge in [0, 0.05) is 24.2 Å². The van der Waals surface area contributed by atoms with Crippen LogP contribution in [0.2, 0.25) is 0 Å². The molecule has 6 nitrogen and oxygen atoms in total. The number of carboxylic acid groups (broad SMARTS) is 1. The number of amides is 2. The fourth-order valence-electron chi connectivity index (χ4n) is 2.71. The van der Waals surface area contributed by atoms with Crippen LogP contribution in [0, 0.1) is 0 Å². The van der Waals surface area contributed by atoms with Crippen molar-refractivity contribution in [2.45, 2.75) is 12.8 Å². The fraction of sp³-hybridized carbons (Fsp3) is 0.167. The number of para-hydroxylation sites is 1. The van der Waals surface area contributed by atoms with Crippen LogP contribution in [0.3, 0.4) is 0 Å². The second kappa shape index (κ2) is 6.54. The van der Waals surface area contributed by atoms with Gasteiger partial charge >= 0.3 is 5.97 Å². The number of anilines is 2. The first-order valence-corrected chi connectivity index (χ1v) is 7.60. The minimum atomic E-state index is -1.11. The van der Waals surface area contributed by atoms with E-state index in [0.29, 0.717) is 24.2 Å². The lowest BCUT2D eigenvalue weighted by atomic mass is 10.1. The number of hydrogen-bond acceptors (Lipinski definition) is 3. The highest BCUT2D eigenvalue weighted by Crippen LogP contribution is 2.23. The molecule has 0 atom stereocenters. The fourth-order valence-corrected chi connectivity index (χ4v) is 2.71. The Balaban J connectivity index is 1.84. The second-order valence-corrected chi connectivity index (χ2v) is 5.50. The van der Waals surface area contributed by atoms with Crippen LogP contribution in [0.25, 0.3) is 0 Å². The molecule has 0 aliphatic carbocycles. The maximum Gasteiger partial charge on any atom is 0.337 e. The van der Waals surface area contributed by atoms with E-state index in [-0.39, 0.29) is 17.2 Å². The molecule has 0 saturated carbocycles. The third kappa shape index (κ3) is 3.12. The molecule has 0 spiro atoms. The molecule has 122 valence electrons. The van der Waals surface area contributed by atoms with Crippen molar-refractivity contribution in [2.75, 3.05) is 16.8 Å². The third-order valence-electron chi connectivity index (χ3n) is 3.90. The SMILES string of the molecule is O=C(Nc1ccccc1C(=O)O)c1cccc(N2CCCC2=O)c1. The number of carboxylic acids is 1. The average Bonchev–Trinajstić information content (AvgIpc) is 3.01. The largest absolute Gasteiger partial charge is 0.478 e. The zero-order chi connectivity index (χ0) is 17.1. The van der Waals surface area contributed by atoms with E-state index in [1.165, 1.54) is 12.1 Å². The first-order chi connectivity index (χ1) is 11.6. The van der Waals surface area contributed by atoms with Gasteiger partial charge in [-0.25, -0.2) is 4.79 Å². The Morgan fingerprint density at radius 2 is 1.88 bits per heavy atom. The highest BCUT2D eigenvalue weighted by molar-refractivity contribution is 6.08. The van der Waals surface area contributed by atoms with Gasteiger partial charge in [0.25, 0.3) is 5.91 Å². The van der Waals surface area contributed by atoms with Gasteiger partial charge in [-0.15, -0.1) is 0 Å². The molecule has 24 heavy (non-hydrogen) atoms. The van der Waals surface area contributed by atoms with Crippen LogP contribution >= 0.6 is 0 Å².